The molecule has 1 atom stereocenters. The number of ether oxygens (including phenoxy) is 1. The van der Waals surface area contributed by atoms with Gasteiger partial charge in [0.05, 0.1) is 18.5 Å². The van der Waals surface area contributed by atoms with Crippen molar-refractivity contribution in [2.24, 2.45) is 5.92 Å². The van der Waals surface area contributed by atoms with Crippen LogP contribution in [0.3, 0.4) is 0 Å². The first-order chi connectivity index (χ1) is 7.20. The van der Waals surface area contributed by atoms with Crippen LogP contribution in [0, 0.1) is 5.92 Å². The van der Waals surface area contributed by atoms with Gasteiger partial charge in [-0.25, -0.2) is 0 Å². The Labute approximate surface area is 90.6 Å². The van der Waals surface area contributed by atoms with E-state index in [-0.39, 0.29) is 0 Å². The van der Waals surface area contributed by atoms with Crippen LogP contribution in [0.4, 0.5) is 11.4 Å². The number of nitrogen functional groups attached to an aromatic ring is 1. The summed E-state index contributed by atoms with van der Waals surface area (Å²) < 4.78 is 5.11. The first kappa shape index (κ1) is 10.1. The van der Waals surface area contributed by atoms with Crippen LogP contribution in [0.25, 0.3) is 0 Å². The van der Waals surface area contributed by atoms with Gasteiger partial charge in [0, 0.05) is 12.1 Å². The predicted molar refractivity (Wildman–Crippen MR) is 63.2 cm³/mol. The highest BCUT2D eigenvalue weighted by atomic mass is 16.5. The Morgan fingerprint density at radius 1 is 1.47 bits per heavy atom. The van der Waals surface area contributed by atoms with E-state index in [2.05, 4.69) is 12.2 Å². The van der Waals surface area contributed by atoms with Crippen molar-refractivity contribution >= 4 is 11.4 Å². The van der Waals surface area contributed by atoms with Gasteiger partial charge in [0.15, 0.2) is 0 Å². The van der Waals surface area contributed by atoms with Gasteiger partial charge in [-0.3, -0.25) is 0 Å². The zero-order valence-electron chi connectivity index (χ0n) is 9.29. The molecule has 15 heavy (non-hydrogen) atoms. The van der Waals surface area contributed by atoms with Crippen LogP contribution < -0.4 is 15.8 Å². The monoisotopic (exact) mass is 206 g/mol. The Hall–Kier alpha value is -1.38. The van der Waals surface area contributed by atoms with Crippen molar-refractivity contribution in [2.75, 3.05) is 18.2 Å². The van der Waals surface area contributed by atoms with Crippen molar-refractivity contribution in [2.45, 2.75) is 25.8 Å². The summed E-state index contributed by atoms with van der Waals surface area (Å²) in [6, 6.07) is 6.27. The highest BCUT2D eigenvalue weighted by Crippen LogP contribution is 2.35. The number of anilines is 2. The molecule has 0 aromatic heterocycles. The van der Waals surface area contributed by atoms with Crippen LogP contribution in [-0.4, -0.2) is 13.2 Å². The van der Waals surface area contributed by atoms with E-state index in [9.17, 15) is 0 Å². The van der Waals surface area contributed by atoms with Crippen LogP contribution in [0.5, 0.6) is 5.75 Å². The van der Waals surface area contributed by atoms with Gasteiger partial charge in [0.1, 0.15) is 5.75 Å². The maximum absolute atomic E-state index is 5.92. The largest absolute Gasteiger partial charge is 0.497 e. The molecule has 0 aliphatic heterocycles. The lowest BCUT2D eigenvalue weighted by molar-refractivity contribution is 0.415. The minimum Gasteiger partial charge on any atom is -0.497 e. The highest BCUT2D eigenvalue weighted by Gasteiger charge is 2.27. The van der Waals surface area contributed by atoms with Gasteiger partial charge in [0.25, 0.3) is 0 Å². The SMILES string of the molecule is COc1ccc(NC(C)C2CC2)c(N)c1. The third-order valence-corrected chi connectivity index (χ3v) is 2.97. The van der Waals surface area contributed by atoms with Crippen molar-refractivity contribution < 1.29 is 4.74 Å². The number of benzene rings is 1. The Balaban J connectivity index is 2.07. The number of nitrogens with one attached hydrogen (secondary N) is 1. The molecule has 0 bridgehead atoms. The summed E-state index contributed by atoms with van der Waals surface area (Å²) in [5, 5.41) is 3.44. The van der Waals surface area contributed by atoms with E-state index < -0.39 is 0 Å². The van der Waals surface area contributed by atoms with Gasteiger partial charge in [0.2, 0.25) is 0 Å². The van der Waals surface area contributed by atoms with Gasteiger partial charge in [-0.2, -0.15) is 0 Å². The van der Waals surface area contributed by atoms with Crippen molar-refractivity contribution in [3.05, 3.63) is 18.2 Å². The molecule has 1 unspecified atom stereocenters. The van der Waals surface area contributed by atoms with E-state index in [1.165, 1.54) is 12.8 Å². The Morgan fingerprint density at radius 3 is 2.73 bits per heavy atom. The molecule has 1 aliphatic rings. The molecule has 1 aliphatic carbocycles. The molecule has 1 aromatic rings. The minimum atomic E-state index is 0.515. The summed E-state index contributed by atoms with van der Waals surface area (Å²) in [6.07, 6.45) is 2.68. The van der Waals surface area contributed by atoms with Crippen LogP contribution in [0.1, 0.15) is 19.8 Å². The molecule has 0 amide bonds. The average Bonchev–Trinajstić information content (AvgIpc) is 3.04. The summed E-state index contributed by atoms with van der Waals surface area (Å²) >= 11 is 0. The Kier molecular flexibility index (Phi) is 2.71. The molecule has 1 aromatic carbocycles. The van der Waals surface area contributed by atoms with Crippen molar-refractivity contribution in [3.8, 4) is 5.75 Å². The van der Waals surface area contributed by atoms with Crippen molar-refractivity contribution in [1.82, 2.24) is 0 Å². The molecule has 3 heteroatoms. The molecule has 0 spiro atoms. The molecule has 3 nitrogen and oxygen atoms in total. The number of rotatable bonds is 4. The fourth-order valence-electron chi connectivity index (χ4n) is 1.76. The van der Waals surface area contributed by atoms with Gasteiger partial charge < -0.3 is 15.8 Å². The van der Waals surface area contributed by atoms with E-state index in [1.807, 2.05) is 18.2 Å². The molecular formula is C12H18N2O. The molecule has 2 rings (SSSR count). The normalized spacial score (nSPS) is 17.2. The van der Waals surface area contributed by atoms with Gasteiger partial charge >= 0.3 is 0 Å². The highest BCUT2D eigenvalue weighted by molar-refractivity contribution is 5.68. The smallest absolute Gasteiger partial charge is 0.121 e. The fraction of sp³-hybridized carbons (Fsp3) is 0.500. The number of methoxy groups -OCH3 is 1. The van der Waals surface area contributed by atoms with E-state index in [1.54, 1.807) is 7.11 Å². The lowest BCUT2D eigenvalue weighted by Gasteiger charge is -2.16. The summed E-state index contributed by atoms with van der Waals surface area (Å²) in [6.45, 7) is 2.21. The van der Waals surface area contributed by atoms with E-state index in [4.69, 9.17) is 10.5 Å². The van der Waals surface area contributed by atoms with Crippen molar-refractivity contribution in [3.63, 3.8) is 0 Å². The molecule has 82 valence electrons. The standard InChI is InChI=1S/C12H18N2O/c1-8(9-3-4-9)14-12-6-5-10(15-2)7-11(12)13/h5-9,14H,3-4,13H2,1-2H3. The maximum atomic E-state index is 5.92. The molecule has 3 N–H and O–H groups in total. The second-order valence-corrected chi connectivity index (χ2v) is 4.22. The van der Waals surface area contributed by atoms with Gasteiger partial charge in [-0.05, 0) is 37.8 Å². The number of nitrogens with two attached hydrogens (primary N) is 1. The van der Waals surface area contributed by atoms with Crippen molar-refractivity contribution in [1.29, 1.82) is 0 Å². The molecule has 1 fully saturated rings. The minimum absolute atomic E-state index is 0.515. The summed E-state index contributed by atoms with van der Waals surface area (Å²) in [7, 11) is 1.65. The first-order valence-corrected chi connectivity index (χ1v) is 5.40. The van der Waals surface area contributed by atoms with Crippen LogP contribution in [-0.2, 0) is 0 Å². The number of hydrogen-bond donors (Lipinski definition) is 2. The second-order valence-electron chi connectivity index (χ2n) is 4.22. The van der Waals surface area contributed by atoms with Crippen LogP contribution in [0.2, 0.25) is 0 Å². The zero-order valence-corrected chi connectivity index (χ0v) is 9.29. The lowest BCUT2D eigenvalue weighted by Crippen LogP contribution is -2.18. The lowest BCUT2D eigenvalue weighted by atomic mass is 10.2. The quantitative estimate of drug-likeness (QED) is 0.744. The maximum Gasteiger partial charge on any atom is 0.121 e. The Morgan fingerprint density at radius 2 is 2.20 bits per heavy atom. The summed E-state index contributed by atoms with van der Waals surface area (Å²) in [5.74, 6) is 1.63. The second kappa shape index (κ2) is 4.01. The molecular weight excluding hydrogens is 188 g/mol. The number of hydrogen-bond acceptors (Lipinski definition) is 3. The van der Waals surface area contributed by atoms with Crippen LogP contribution in [0.15, 0.2) is 18.2 Å². The van der Waals surface area contributed by atoms with Gasteiger partial charge in [-0.1, -0.05) is 0 Å². The van der Waals surface area contributed by atoms with E-state index >= 15 is 0 Å². The molecule has 0 saturated heterocycles. The predicted octanol–water partition coefficient (Wildman–Crippen LogP) is 2.49. The third-order valence-electron chi connectivity index (χ3n) is 2.97. The van der Waals surface area contributed by atoms with Crippen LogP contribution >= 0.6 is 0 Å². The molecule has 0 heterocycles. The zero-order chi connectivity index (χ0) is 10.8. The first-order valence-electron chi connectivity index (χ1n) is 5.40. The fourth-order valence-corrected chi connectivity index (χ4v) is 1.76. The van der Waals surface area contributed by atoms with E-state index in [0.29, 0.717) is 6.04 Å². The summed E-state index contributed by atoms with van der Waals surface area (Å²) in [4.78, 5) is 0. The molecule has 1 saturated carbocycles. The molecule has 0 radical (unpaired) electrons. The van der Waals surface area contributed by atoms with E-state index in [0.717, 1.165) is 23.0 Å². The third kappa shape index (κ3) is 2.35. The summed E-state index contributed by atoms with van der Waals surface area (Å²) in [5.41, 5.74) is 7.68. The average molecular weight is 206 g/mol. The van der Waals surface area contributed by atoms with Gasteiger partial charge in [-0.15, -0.1) is 0 Å². The topological polar surface area (TPSA) is 47.3 Å². The Bertz CT molecular complexity index is 347.